The molecule has 10 nitrogen and oxygen atoms in total. The Morgan fingerprint density at radius 1 is 1.08 bits per heavy atom. The molecule has 0 aliphatic rings. The summed E-state index contributed by atoms with van der Waals surface area (Å²) in [5.41, 5.74) is 2.38. The van der Waals surface area contributed by atoms with E-state index < -0.39 is 32.3 Å². The highest BCUT2D eigenvalue weighted by Crippen LogP contribution is 2.28. The van der Waals surface area contributed by atoms with Crippen molar-refractivity contribution >= 4 is 15.7 Å². The van der Waals surface area contributed by atoms with E-state index in [9.17, 15) is 28.2 Å². The molecule has 11 heteroatoms. The van der Waals surface area contributed by atoms with E-state index in [2.05, 4.69) is 10.5 Å². The number of aromatic hydroxyl groups is 1. The predicted octanol–water partition coefficient (Wildman–Crippen LogP) is 2.99. The average Bonchev–Trinajstić information content (AvgIpc) is 3.42. The zero-order chi connectivity index (χ0) is 27.5. The number of carbonyl (C=O) groups excluding carboxylic acids is 1. The van der Waals surface area contributed by atoms with E-state index in [1.54, 1.807) is 24.3 Å². The minimum absolute atomic E-state index is 0.00947. The maximum Gasteiger partial charge on any atom is 0.255 e. The van der Waals surface area contributed by atoms with Gasteiger partial charge in [0.1, 0.15) is 23.9 Å². The number of nitrogens with one attached hydrogen (secondary N) is 1. The van der Waals surface area contributed by atoms with Gasteiger partial charge in [-0.05, 0) is 36.2 Å². The van der Waals surface area contributed by atoms with Crippen LogP contribution in [-0.2, 0) is 9.84 Å². The van der Waals surface area contributed by atoms with Gasteiger partial charge in [0.15, 0.2) is 9.84 Å². The van der Waals surface area contributed by atoms with E-state index in [0.29, 0.717) is 11.3 Å². The van der Waals surface area contributed by atoms with Gasteiger partial charge in [0.05, 0.1) is 10.3 Å². The SMILES string of the molecule is CC(CNC(=O)c1ccccc1O)(CC(O)n1ccc(-c2ccc(-c3ccon3)cc2)cc1=O)S(C)(=O)=O. The Kier molecular flexibility index (Phi) is 7.51. The van der Waals surface area contributed by atoms with Crippen molar-refractivity contribution in [2.75, 3.05) is 12.8 Å². The second-order valence-corrected chi connectivity index (χ2v) is 11.8. The van der Waals surface area contributed by atoms with Crippen LogP contribution < -0.4 is 10.9 Å². The number of hydrogen-bond donors (Lipinski definition) is 3. The Morgan fingerprint density at radius 3 is 2.37 bits per heavy atom. The van der Waals surface area contributed by atoms with Gasteiger partial charge in [0.25, 0.3) is 11.5 Å². The third-order valence-electron chi connectivity index (χ3n) is 6.50. The maximum atomic E-state index is 12.9. The molecule has 0 fully saturated rings. The van der Waals surface area contributed by atoms with Gasteiger partial charge < -0.3 is 20.1 Å². The highest BCUT2D eigenvalue weighted by Gasteiger charge is 2.39. The summed E-state index contributed by atoms with van der Waals surface area (Å²) in [6.45, 7) is 1.04. The van der Waals surface area contributed by atoms with Crippen LogP contribution in [0.1, 0.15) is 29.9 Å². The van der Waals surface area contributed by atoms with Gasteiger partial charge in [0, 0.05) is 43.1 Å². The van der Waals surface area contributed by atoms with Crippen LogP contribution in [0.5, 0.6) is 5.75 Å². The minimum atomic E-state index is -3.81. The van der Waals surface area contributed by atoms with Crippen LogP contribution >= 0.6 is 0 Å². The normalized spacial score (nSPS) is 14.0. The number of benzene rings is 2. The van der Waals surface area contributed by atoms with Crippen LogP contribution in [0.15, 0.2) is 88.5 Å². The fourth-order valence-electron chi connectivity index (χ4n) is 3.98. The van der Waals surface area contributed by atoms with Crippen molar-refractivity contribution < 1.29 is 27.9 Å². The zero-order valence-electron chi connectivity index (χ0n) is 20.7. The third-order valence-corrected chi connectivity index (χ3v) is 8.60. The molecule has 0 bridgehead atoms. The van der Waals surface area contributed by atoms with E-state index in [0.717, 1.165) is 21.9 Å². The van der Waals surface area contributed by atoms with Gasteiger partial charge in [0.2, 0.25) is 0 Å². The first-order chi connectivity index (χ1) is 18.0. The van der Waals surface area contributed by atoms with Gasteiger partial charge in [-0.1, -0.05) is 41.6 Å². The molecular formula is C27H27N3O7S. The maximum absolute atomic E-state index is 12.9. The molecule has 2 unspecified atom stereocenters. The zero-order valence-corrected chi connectivity index (χ0v) is 21.6. The number of para-hydroxylation sites is 1. The van der Waals surface area contributed by atoms with Gasteiger partial charge >= 0.3 is 0 Å². The lowest BCUT2D eigenvalue weighted by molar-refractivity contribution is 0.0767. The molecule has 0 saturated carbocycles. The highest BCUT2D eigenvalue weighted by atomic mass is 32.2. The number of carbonyl (C=O) groups is 1. The number of aromatic nitrogens is 2. The highest BCUT2D eigenvalue weighted by molar-refractivity contribution is 7.92. The van der Waals surface area contributed by atoms with Crippen LogP contribution in [0.4, 0.5) is 0 Å². The second kappa shape index (κ2) is 10.6. The van der Waals surface area contributed by atoms with Crippen molar-refractivity contribution in [1.29, 1.82) is 0 Å². The van der Waals surface area contributed by atoms with Crippen molar-refractivity contribution in [3.8, 4) is 28.1 Å². The lowest BCUT2D eigenvalue weighted by atomic mass is 10.0. The molecule has 2 aromatic carbocycles. The number of phenols is 1. The van der Waals surface area contributed by atoms with Gasteiger partial charge in [-0.2, -0.15) is 0 Å². The first-order valence-corrected chi connectivity index (χ1v) is 13.5. The van der Waals surface area contributed by atoms with Crippen LogP contribution in [0.3, 0.4) is 0 Å². The Labute approximate surface area is 219 Å². The second-order valence-electron chi connectivity index (χ2n) is 9.23. The Bertz CT molecular complexity index is 1600. The molecule has 2 heterocycles. The summed E-state index contributed by atoms with van der Waals surface area (Å²) in [6.07, 6.45) is 2.04. The largest absolute Gasteiger partial charge is 0.507 e. The number of nitrogens with zero attached hydrogens (tertiary/aromatic N) is 2. The van der Waals surface area contributed by atoms with Gasteiger partial charge in [-0.3, -0.25) is 14.2 Å². The smallest absolute Gasteiger partial charge is 0.255 e. The van der Waals surface area contributed by atoms with Crippen LogP contribution in [-0.4, -0.2) is 51.8 Å². The molecule has 0 spiro atoms. The summed E-state index contributed by atoms with van der Waals surface area (Å²) in [7, 11) is -3.81. The van der Waals surface area contributed by atoms with E-state index >= 15 is 0 Å². The molecule has 1 amide bonds. The first-order valence-electron chi connectivity index (χ1n) is 11.7. The molecule has 4 rings (SSSR count). The van der Waals surface area contributed by atoms with Gasteiger partial charge in [-0.15, -0.1) is 0 Å². The number of amides is 1. The van der Waals surface area contributed by atoms with Crippen molar-refractivity contribution in [3.05, 3.63) is 95.1 Å². The Balaban J connectivity index is 1.51. The van der Waals surface area contributed by atoms with Crippen LogP contribution in [0.25, 0.3) is 22.4 Å². The molecule has 0 saturated heterocycles. The molecule has 38 heavy (non-hydrogen) atoms. The molecule has 0 radical (unpaired) electrons. The summed E-state index contributed by atoms with van der Waals surface area (Å²) < 4.78 is 29.6. The molecular weight excluding hydrogens is 510 g/mol. The van der Waals surface area contributed by atoms with Crippen molar-refractivity contribution in [1.82, 2.24) is 15.0 Å². The molecule has 0 aliphatic carbocycles. The summed E-state index contributed by atoms with van der Waals surface area (Å²) in [5.74, 6) is -0.908. The molecule has 2 aromatic heterocycles. The first kappa shape index (κ1) is 26.8. The average molecular weight is 538 g/mol. The minimum Gasteiger partial charge on any atom is -0.507 e. The fourth-order valence-corrected chi connectivity index (χ4v) is 4.76. The number of hydrogen-bond acceptors (Lipinski definition) is 8. The van der Waals surface area contributed by atoms with E-state index in [1.807, 2.05) is 24.3 Å². The lowest BCUT2D eigenvalue weighted by Crippen LogP contribution is -2.48. The predicted molar refractivity (Wildman–Crippen MR) is 141 cm³/mol. The fraction of sp³-hybridized carbons (Fsp3) is 0.222. The van der Waals surface area contributed by atoms with Crippen LogP contribution in [0, 0.1) is 0 Å². The number of aliphatic hydroxyl groups is 1. The number of pyridine rings is 1. The quantitative estimate of drug-likeness (QED) is 0.295. The monoisotopic (exact) mass is 537 g/mol. The Hall–Kier alpha value is -4.22. The summed E-state index contributed by atoms with van der Waals surface area (Å²) in [6, 6.07) is 17.9. The van der Waals surface area contributed by atoms with Gasteiger partial charge in [-0.25, -0.2) is 8.42 Å². The summed E-state index contributed by atoms with van der Waals surface area (Å²) in [4.78, 5) is 25.4. The lowest BCUT2D eigenvalue weighted by Gasteiger charge is -2.30. The summed E-state index contributed by atoms with van der Waals surface area (Å²) >= 11 is 0. The molecule has 198 valence electrons. The number of phenolic OH excluding ortho intramolecular Hbond substituents is 1. The number of sulfone groups is 1. The summed E-state index contributed by atoms with van der Waals surface area (Å²) in [5, 5.41) is 27.2. The van der Waals surface area contributed by atoms with Crippen molar-refractivity contribution in [3.63, 3.8) is 0 Å². The standard InChI is InChI=1S/C27H27N3O7S/c1-27(38(2,35)36,17-28-26(34)21-5-3-4-6-23(21)31)16-25(33)30-13-11-20(15-24(30)32)18-7-9-19(10-8-18)22-12-14-37-29-22/h3-15,25,31,33H,16-17H2,1-2H3,(H,28,34). The number of aliphatic hydroxyl groups excluding tert-OH is 1. The molecule has 3 N–H and O–H groups in total. The third kappa shape index (κ3) is 5.68. The molecule has 4 aromatic rings. The van der Waals surface area contributed by atoms with Crippen molar-refractivity contribution in [2.24, 2.45) is 0 Å². The van der Waals surface area contributed by atoms with E-state index in [4.69, 9.17) is 4.52 Å². The molecule has 2 atom stereocenters. The Morgan fingerprint density at radius 2 is 1.76 bits per heavy atom. The van der Waals surface area contributed by atoms with Crippen molar-refractivity contribution in [2.45, 2.75) is 24.3 Å². The van der Waals surface area contributed by atoms with Crippen LogP contribution in [0.2, 0.25) is 0 Å². The molecule has 0 aliphatic heterocycles. The number of rotatable bonds is 9. The van der Waals surface area contributed by atoms with E-state index in [1.165, 1.54) is 37.6 Å². The van der Waals surface area contributed by atoms with E-state index in [-0.39, 0.29) is 24.3 Å². The topological polar surface area (TPSA) is 152 Å².